The van der Waals surface area contributed by atoms with Gasteiger partial charge in [0.25, 0.3) is 11.2 Å². The van der Waals surface area contributed by atoms with E-state index in [1.165, 1.54) is 22.9 Å². The van der Waals surface area contributed by atoms with Gasteiger partial charge >= 0.3 is 0 Å². The number of aromatic nitrogens is 3. The molecule has 7 heteroatoms. The highest BCUT2D eigenvalue weighted by Gasteiger charge is 2.09. The molecule has 3 rings (SSSR count). The van der Waals surface area contributed by atoms with Crippen molar-refractivity contribution < 1.29 is 4.92 Å². The lowest BCUT2D eigenvalue weighted by molar-refractivity contribution is -0.385. The van der Waals surface area contributed by atoms with Crippen LogP contribution in [0.5, 0.6) is 0 Å². The Morgan fingerprint density at radius 3 is 2.76 bits per heavy atom. The van der Waals surface area contributed by atoms with Crippen LogP contribution in [-0.2, 0) is 6.54 Å². The van der Waals surface area contributed by atoms with Gasteiger partial charge in [-0.2, -0.15) is 0 Å². The Morgan fingerprint density at radius 1 is 1.19 bits per heavy atom. The summed E-state index contributed by atoms with van der Waals surface area (Å²) in [5, 5.41) is 10.8. The van der Waals surface area contributed by atoms with Crippen LogP contribution in [0.3, 0.4) is 0 Å². The normalized spacial score (nSPS) is 10.9. The number of pyridine rings is 2. The van der Waals surface area contributed by atoms with Gasteiger partial charge in [-0.15, -0.1) is 0 Å². The molecule has 106 valence electrons. The lowest BCUT2D eigenvalue weighted by atomic mass is 10.3. The van der Waals surface area contributed by atoms with Crippen molar-refractivity contribution in [2.24, 2.45) is 0 Å². The van der Waals surface area contributed by atoms with Crippen molar-refractivity contribution in [1.82, 2.24) is 14.0 Å². The number of aryl methyl sites for hydroxylation is 1. The summed E-state index contributed by atoms with van der Waals surface area (Å²) in [4.78, 5) is 26.4. The minimum atomic E-state index is -0.525. The number of rotatable bonds is 3. The van der Waals surface area contributed by atoms with E-state index in [2.05, 4.69) is 4.98 Å². The van der Waals surface area contributed by atoms with Crippen molar-refractivity contribution in [2.45, 2.75) is 13.5 Å². The highest BCUT2D eigenvalue weighted by molar-refractivity contribution is 5.41. The smallest absolute Gasteiger partial charge is 0.285 e. The van der Waals surface area contributed by atoms with E-state index in [-0.39, 0.29) is 17.8 Å². The van der Waals surface area contributed by atoms with Crippen molar-refractivity contribution in [1.29, 1.82) is 0 Å². The SMILES string of the molecule is Cc1ccc2nc(Cn3cc([N+](=O)[O-])ccc3=O)cn2c1. The predicted molar refractivity (Wildman–Crippen MR) is 76.4 cm³/mol. The second-order valence-corrected chi connectivity index (χ2v) is 4.81. The number of nitrogens with zero attached hydrogens (tertiary/aromatic N) is 4. The molecule has 0 N–H and O–H groups in total. The Kier molecular flexibility index (Phi) is 3.02. The molecule has 0 bridgehead atoms. The quantitative estimate of drug-likeness (QED) is 0.542. The number of imidazole rings is 1. The topological polar surface area (TPSA) is 82.4 Å². The molecule has 0 unspecified atom stereocenters. The second-order valence-electron chi connectivity index (χ2n) is 4.81. The van der Waals surface area contributed by atoms with Crippen molar-refractivity contribution in [3.8, 4) is 0 Å². The van der Waals surface area contributed by atoms with Gasteiger partial charge in [0.15, 0.2) is 0 Å². The van der Waals surface area contributed by atoms with Crippen LogP contribution in [0.4, 0.5) is 5.69 Å². The molecule has 0 aliphatic rings. The summed E-state index contributed by atoms with van der Waals surface area (Å²) in [5.41, 5.74) is 2.12. The maximum atomic E-state index is 11.8. The zero-order valence-electron chi connectivity index (χ0n) is 11.3. The molecule has 0 saturated heterocycles. The summed E-state index contributed by atoms with van der Waals surface area (Å²) in [6.07, 6.45) is 4.98. The molecule has 3 heterocycles. The summed E-state index contributed by atoms with van der Waals surface area (Å²) in [6, 6.07) is 6.23. The highest BCUT2D eigenvalue weighted by atomic mass is 16.6. The molecule has 0 spiro atoms. The van der Waals surface area contributed by atoms with Crippen LogP contribution in [0.15, 0.2) is 47.7 Å². The molecule has 0 aliphatic heterocycles. The summed E-state index contributed by atoms with van der Waals surface area (Å²) in [5.74, 6) is 0. The second kappa shape index (κ2) is 4.86. The monoisotopic (exact) mass is 284 g/mol. The minimum Gasteiger partial charge on any atom is -0.306 e. The molecule has 0 radical (unpaired) electrons. The van der Waals surface area contributed by atoms with Gasteiger partial charge in [0.05, 0.1) is 23.4 Å². The van der Waals surface area contributed by atoms with Crippen LogP contribution in [0.2, 0.25) is 0 Å². The zero-order chi connectivity index (χ0) is 15.0. The largest absolute Gasteiger partial charge is 0.306 e. The van der Waals surface area contributed by atoms with Crippen LogP contribution < -0.4 is 5.56 Å². The van der Waals surface area contributed by atoms with E-state index in [0.717, 1.165) is 11.2 Å². The van der Waals surface area contributed by atoms with E-state index in [1.807, 2.05) is 35.9 Å². The fraction of sp³-hybridized carbons (Fsp3) is 0.143. The first-order chi connectivity index (χ1) is 10.0. The van der Waals surface area contributed by atoms with Crippen LogP contribution in [-0.4, -0.2) is 18.9 Å². The number of hydrogen-bond acceptors (Lipinski definition) is 4. The molecular formula is C14H12N4O3. The molecule has 3 aromatic heterocycles. The molecule has 0 atom stereocenters. The summed E-state index contributed by atoms with van der Waals surface area (Å²) in [7, 11) is 0. The first-order valence-corrected chi connectivity index (χ1v) is 6.32. The van der Waals surface area contributed by atoms with Gasteiger partial charge in [0.1, 0.15) is 5.65 Å². The molecule has 0 fully saturated rings. The Morgan fingerprint density at radius 2 is 2.00 bits per heavy atom. The average Bonchev–Trinajstić information content (AvgIpc) is 2.82. The third kappa shape index (κ3) is 2.53. The standard InChI is InChI=1S/C14H12N4O3/c1-10-2-4-13-15-11(7-16(13)6-10)8-17-9-12(18(20)21)3-5-14(17)19/h2-7,9H,8H2,1H3. The molecule has 0 aliphatic carbocycles. The van der Waals surface area contributed by atoms with Crippen molar-refractivity contribution in [3.05, 3.63) is 74.6 Å². The van der Waals surface area contributed by atoms with Crippen molar-refractivity contribution in [3.63, 3.8) is 0 Å². The first-order valence-electron chi connectivity index (χ1n) is 6.32. The fourth-order valence-electron chi connectivity index (χ4n) is 2.16. The number of hydrogen-bond donors (Lipinski definition) is 0. The predicted octanol–water partition coefficient (Wildman–Crippen LogP) is 1.76. The van der Waals surface area contributed by atoms with E-state index in [0.29, 0.717) is 5.69 Å². The Balaban J connectivity index is 2.00. The highest BCUT2D eigenvalue weighted by Crippen LogP contribution is 2.10. The molecule has 21 heavy (non-hydrogen) atoms. The van der Waals surface area contributed by atoms with Gasteiger partial charge in [-0.25, -0.2) is 4.98 Å². The molecule has 0 amide bonds. The average molecular weight is 284 g/mol. The van der Waals surface area contributed by atoms with Crippen LogP contribution >= 0.6 is 0 Å². The molecular weight excluding hydrogens is 272 g/mol. The summed E-state index contributed by atoms with van der Waals surface area (Å²) < 4.78 is 3.15. The summed E-state index contributed by atoms with van der Waals surface area (Å²) >= 11 is 0. The minimum absolute atomic E-state index is 0.116. The lowest BCUT2D eigenvalue weighted by Crippen LogP contribution is -2.19. The van der Waals surface area contributed by atoms with Crippen molar-refractivity contribution >= 4 is 11.3 Å². The summed E-state index contributed by atoms with van der Waals surface area (Å²) in [6.45, 7) is 2.17. The van der Waals surface area contributed by atoms with E-state index < -0.39 is 4.92 Å². The molecule has 0 saturated carbocycles. The van der Waals surface area contributed by atoms with Gasteiger partial charge in [-0.05, 0) is 18.6 Å². The van der Waals surface area contributed by atoms with E-state index in [4.69, 9.17) is 0 Å². The van der Waals surface area contributed by atoms with E-state index in [1.54, 1.807) is 0 Å². The number of fused-ring (bicyclic) bond motifs is 1. The maximum Gasteiger partial charge on any atom is 0.285 e. The van der Waals surface area contributed by atoms with Crippen LogP contribution in [0, 0.1) is 17.0 Å². The van der Waals surface area contributed by atoms with Gasteiger partial charge < -0.3 is 8.97 Å². The van der Waals surface area contributed by atoms with E-state index in [9.17, 15) is 14.9 Å². The Labute approximate surface area is 119 Å². The molecule has 7 nitrogen and oxygen atoms in total. The molecule has 3 aromatic rings. The van der Waals surface area contributed by atoms with Crippen LogP contribution in [0.25, 0.3) is 5.65 Å². The number of nitro groups is 1. The maximum absolute atomic E-state index is 11.8. The third-order valence-corrected chi connectivity index (χ3v) is 3.16. The fourth-order valence-corrected chi connectivity index (χ4v) is 2.16. The Hall–Kier alpha value is -2.96. The van der Waals surface area contributed by atoms with Gasteiger partial charge in [0, 0.05) is 24.5 Å². The van der Waals surface area contributed by atoms with Gasteiger partial charge in [0.2, 0.25) is 0 Å². The van der Waals surface area contributed by atoms with Gasteiger partial charge in [-0.3, -0.25) is 14.9 Å². The van der Waals surface area contributed by atoms with Crippen LogP contribution in [0.1, 0.15) is 11.3 Å². The first kappa shape index (κ1) is 13.0. The molecule has 0 aromatic carbocycles. The van der Waals surface area contributed by atoms with E-state index >= 15 is 0 Å². The van der Waals surface area contributed by atoms with Crippen molar-refractivity contribution in [2.75, 3.05) is 0 Å². The van der Waals surface area contributed by atoms with Gasteiger partial charge in [-0.1, -0.05) is 6.07 Å². The lowest BCUT2D eigenvalue weighted by Gasteiger charge is -2.01. The Bertz CT molecular complexity index is 895. The zero-order valence-corrected chi connectivity index (χ0v) is 11.3. The third-order valence-electron chi connectivity index (χ3n) is 3.16.